The van der Waals surface area contributed by atoms with Gasteiger partial charge >= 0.3 is 0 Å². The Bertz CT molecular complexity index is 772. The number of nitrogens with zero attached hydrogens (tertiary/aromatic N) is 1. The molecule has 3 rings (SSSR count). The molecule has 1 fully saturated rings. The minimum atomic E-state index is -0.107. The lowest BCUT2D eigenvalue weighted by molar-refractivity contribution is 0.197. The average molecular weight is 376 g/mol. The third kappa shape index (κ3) is 5.38. The van der Waals surface area contributed by atoms with Gasteiger partial charge in [-0.15, -0.1) is 0 Å². The van der Waals surface area contributed by atoms with Gasteiger partial charge in [-0.05, 0) is 66.8 Å². The summed E-state index contributed by atoms with van der Waals surface area (Å²) < 4.78 is 5.75. The van der Waals surface area contributed by atoms with Crippen molar-refractivity contribution in [2.45, 2.75) is 65.2 Å². The van der Waals surface area contributed by atoms with E-state index in [1.54, 1.807) is 0 Å². The maximum atomic E-state index is 9.76. The van der Waals surface area contributed by atoms with Crippen LogP contribution in [0.3, 0.4) is 0 Å². The number of aryl methyl sites for hydroxylation is 1. The maximum Gasteiger partial charge on any atom is 0.119 e. The molecule has 0 radical (unpaired) electrons. The molecular weight excluding hydrogens is 342 g/mol. The second-order valence-electron chi connectivity index (χ2n) is 8.52. The molecule has 1 aliphatic carbocycles. The molecule has 0 saturated heterocycles. The van der Waals surface area contributed by atoms with Gasteiger partial charge in [0.15, 0.2) is 0 Å². The molecule has 2 aromatic rings. The van der Waals surface area contributed by atoms with E-state index in [-0.39, 0.29) is 5.41 Å². The molecular formula is C26H33NO. The fourth-order valence-corrected chi connectivity index (χ4v) is 4.37. The molecule has 0 aliphatic heterocycles. The van der Waals surface area contributed by atoms with Gasteiger partial charge in [-0.1, -0.05) is 69.5 Å². The van der Waals surface area contributed by atoms with E-state index in [9.17, 15) is 5.26 Å². The van der Waals surface area contributed by atoms with Crippen molar-refractivity contribution in [2.75, 3.05) is 6.61 Å². The van der Waals surface area contributed by atoms with Gasteiger partial charge in [0.2, 0.25) is 0 Å². The molecule has 2 unspecified atom stereocenters. The van der Waals surface area contributed by atoms with Crippen LogP contribution in [0.25, 0.3) is 11.1 Å². The summed E-state index contributed by atoms with van der Waals surface area (Å²) >= 11 is 0. The standard InChI is InChI=1S/C26H33NO/c1-3-4-18-28-25-13-11-24(12-14-25)23-9-7-22(8-10-23)15-17-26(20-27)16-5-6-21(2)19-26/h7-14,21H,3-6,15-19H2,1-2H3. The van der Waals surface area contributed by atoms with Crippen LogP contribution in [0.1, 0.15) is 64.4 Å². The number of rotatable bonds is 8. The fourth-order valence-electron chi connectivity index (χ4n) is 4.37. The topological polar surface area (TPSA) is 33.0 Å². The Labute approximate surface area is 170 Å². The fraction of sp³-hybridized carbons (Fsp3) is 0.500. The molecule has 1 aliphatic rings. The molecule has 0 bridgehead atoms. The van der Waals surface area contributed by atoms with Gasteiger partial charge in [0.05, 0.1) is 18.1 Å². The van der Waals surface area contributed by atoms with Crippen LogP contribution in [0.5, 0.6) is 5.75 Å². The number of ether oxygens (including phenoxy) is 1. The SMILES string of the molecule is CCCCOc1ccc(-c2ccc(CCC3(C#N)CCCC(C)C3)cc2)cc1. The van der Waals surface area contributed by atoms with Crippen molar-refractivity contribution in [3.63, 3.8) is 0 Å². The Balaban J connectivity index is 1.58. The minimum Gasteiger partial charge on any atom is -0.494 e. The lowest BCUT2D eigenvalue weighted by Crippen LogP contribution is -2.26. The first-order valence-electron chi connectivity index (χ1n) is 10.9. The average Bonchev–Trinajstić information content (AvgIpc) is 2.73. The van der Waals surface area contributed by atoms with Crippen LogP contribution < -0.4 is 4.74 Å². The summed E-state index contributed by atoms with van der Waals surface area (Å²) in [4.78, 5) is 0. The molecule has 2 aromatic carbocycles. The van der Waals surface area contributed by atoms with Crippen LogP contribution in [0, 0.1) is 22.7 Å². The van der Waals surface area contributed by atoms with E-state index in [2.05, 4.69) is 68.4 Å². The zero-order chi connectivity index (χ0) is 19.8. The van der Waals surface area contributed by atoms with Gasteiger partial charge in [-0.3, -0.25) is 0 Å². The number of nitriles is 1. The summed E-state index contributed by atoms with van der Waals surface area (Å²) in [7, 11) is 0. The number of hydrogen-bond acceptors (Lipinski definition) is 2. The largest absolute Gasteiger partial charge is 0.494 e. The van der Waals surface area contributed by atoms with Gasteiger partial charge in [0.1, 0.15) is 5.75 Å². The Morgan fingerprint density at radius 1 is 1.07 bits per heavy atom. The molecule has 1 saturated carbocycles. The minimum absolute atomic E-state index is 0.107. The van der Waals surface area contributed by atoms with Gasteiger partial charge in [-0.25, -0.2) is 0 Å². The van der Waals surface area contributed by atoms with Crippen molar-refractivity contribution in [1.82, 2.24) is 0 Å². The number of unbranched alkanes of at least 4 members (excludes halogenated alkanes) is 1. The second-order valence-corrected chi connectivity index (χ2v) is 8.52. The van der Waals surface area contributed by atoms with Gasteiger partial charge < -0.3 is 4.74 Å². The Hall–Kier alpha value is -2.27. The number of benzene rings is 2. The lowest BCUT2D eigenvalue weighted by Gasteiger charge is -2.34. The first kappa shape index (κ1) is 20.5. The summed E-state index contributed by atoms with van der Waals surface area (Å²) in [6.07, 6.45) is 8.83. The molecule has 0 aromatic heterocycles. The normalized spacial score (nSPS) is 21.8. The van der Waals surface area contributed by atoms with Crippen LogP contribution in [-0.2, 0) is 6.42 Å². The molecule has 2 heteroatoms. The van der Waals surface area contributed by atoms with Crippen LogP contribution in [0.4, 0.5) is 0 Å². The third-order valence-electron chi connectivity index (χ3n) is 6.13. The lowest BCUT2D eigenvalue weighted by atomic mass is 9.68. The van der Waals surface area contributed by atoms with Crippen molar-refractivity contribution >= 4 is 0 Å². The van der Waals surface area contributed by atoms with Gasteiger partial charge in [-0.2, -0.15) is 5.26 Å². The van der Waals surface area contributed by atoms with Crippen molar-refractivity contribution < 1.29 is 4.74 Å². The van der Waals surface area contributed by atoms with E-state index in [0.29, 0.717) is 5.92 Å². The molecule has 2 nitrogen and oxygen atoms in total. The highest BCUT2D eigenvalue weighted by molar-refractivity contribution is 5.64. The summed E-state index contributed by atoms with van der Waals surface area (Å²) in [6.45, 7) is 5.25. The summed E-state index contributed by atoms with van der Waals surface area (Å²) in [6, 6.07) is 19.9. The zero-order valence-electron chi connectivity index (χ0n) is 17.4. The summed E-state index contributed by atoms with van der Waals surface area (Å²) in [5.74, 6) is 1.63. The van der Waals surface area contributed by atoms with Crippen LogP contribution in [0.2, 0.25) is 0 Å². The van der Waals surface area contributed by atoms with E-state index >= 15 is 0 Å². The van der Waals surface area contributed by atoms with Crippen molar-refractivity contribution in [2.24, 2.45) is 11.3 Å². The predicted molar refractivity (Wildman–Crippen MR) is 116 cm³/mol. The van der Waals surface area contributed by atoms with Crippen LogP contribution in [-0.4, -0.2) is 6.61 Å². The first-order chi connectivity index (χ1) is 13.6. The highest BCUT2D eigenvalue weighted by atomic mass is 16.5. The van der Waals surface area contributed by atoms with Crippen LogP contribution in [0.15, 0.2) is 48.5 Å². The Kier molecular flexibility index (Phi) is 7.15. The molecule has 0 spiro atoms. The third-order valence-corrected chi connectivity index (χ3v) is 6.13. The van der Waals surface area contributed by atoms with Gasteiger partial charge in [0, 0.05) is 0 Å². The first-order valence-corrected chi connectivity index (χ1v) is 10.9. The maximum absolute atomic E-state index is 9.76. The zero-order valence-corrected chi connectivity index (χ0v) is 17.4. The Morgan fingerprint density at radius 3 is 2.36 bits per heavy atom. The van der Waals surface area contributed by atoms with Crippen molar-refractivity contribution in [1.29, 1.82) is 5.26 Å². The molecule has 2 atom stereocenters. The highest BCUT2D eigenvalue weighted by Crippen LogP contribution is 2.42. The predicted octanol–water partition coefficient (Wildman–Crippen LogP) is 7.19. The monoisotopic (exact) mass is 375 g/mol. The van der Waals surface area contributed by atoms with E-state index in [4.69, 9.17) is 4.74 Å². The van der Waals surface area contributed by atoms with Gasteiger partial charge in [0.25, 0.3) is 0 Å². The number of hydrogen-bond donors (Lipinski definition) is 0. The molecule has 0 heterocycles. The highest BCUT2D eigenvalue weighted by Gasteiger charge is 2.34. The van der Waals surface area contributed by atoms with E-state index in [1.165, 1.54) is 29.5 Å². The van der Waals surface area contributed by atoms with E-state index in [1.807, 2.05) is 0 Å². The van der Waals surface area contributed by atoms with Crippen molar-refractivity contribution in [3.8, 4) is 22.9 Å². The molecule has 28 heavy (non-hydrogen) atoms. The Morgan fingerprint density at radius 2 is 1.75 bits per heavy atom. The molecule has 148 valence electrons. The smallest absolute Gasteiger partial charge is 0.119 e. The second kappa shape index (κ2) is 9.78. The van der Waals surface area contributed by atoms with Crippen LogP contribution >= 0.6 is 0 Å². The van der Waals surface area contributed by atoms with E-state index < -0.39 is 0 Å². The molecule has 0 amide bonds. The van der Waals surface area contributed by atoms with E-state index in [0.717, 1.165) is 50.9 Å². The van der Waals surface area contributed by atoms with Crippen molar-refractivity contribution in [3.05, 3.63) is 54.1 Å². The molecule has 0 N–H and O–H groups in total. The summed E-state index contributed by atoms with van der Waals surface area (Å²) in [5.41, 5.74) is 3.66. The quantitative estimate of drug-likeness (QED) is 0.458. The summed E-state index contributed by atoms with van der Waals surface area (Å²) in [5, 5.41) is 9.76.